The number of ether oxygens (including phenoxy) is 1. The molecule has 0 saturated carbocycles. The fourth-order valence-corrected chi connectivity index (χ4v) is 3.70. The number of aryl methyl sites for hydroxylation is 1. The van der Waals surface area contributed by atoms with Crippen LogP contribution < -0.4 is 11.1 Å². The molecule has 1 amide bonds. The molecule has 3 aromatic rings. The molecule has 182 valence electrons. The van der Waals surface area contributed by atoms with Crippen LogP contribution in [0.3, 0.4) is 0 Å². The van der Waals surface area contributed by atoms with Gasteiger partial charge in [0.15, 0.2) is 23.8 Å². The van der Waals surface area contributed by atoms with Gasteiger partial charge in [0.05, 0.1) is 6.33 Å². The number of carboxylic acids is 1. The highest BCUT2D eigenvalue weighted by molar-refractivity contribution is 5.83. The number of fused-ring (bicyclic) bond motifs is 1. The monoisotopic (exact) mass is 480 g/mol. The first-order valence-corrected chi connectivity index (χ1v) is 10.9. The van der Waals surface area contributed by atoms with Crippen molar-refractivity contribution in [3.8, 4) is 11.8 Å². The molecule has 12 heteroatoms. The highest BCUT2D eigenvalue weighted by Gasteiger charge is 2.47. The Bertz CT molecular complexity index is 1310. The molecule has 1 aromatic carbocycles. The first-order valence-electron chi connectivity index (χ1n) is 10.9. The second-order valence-corrected chi connectivity index (χ2v) is 7.92. The van der Waals surface area contributed by atoms with Crippen molar-refractivity contribution < 1.29 is 29.6 Å². The number of benzene rings is 1. The Balaban J connectivity index is 1.59. The number of anilines is 1. The van der Waals surface area contributed by atoms with E-state index in [4.69, 9.17) is 15.6 Å². The minimum Gasteiger partial charge on any atom is -0.481 e. The molecule has 35 heavy (non-hydrogen) atoms. The molecular weight excluding hydrogens is 456 g/mol. The maximum absolute atomic E-state index is 12.2. The Labute approximate surface area is 199 Å². The maximum Gasteiger partial charge on any atom is 0.303 e. The summed E-state index contributed by atoms with van der Waals surface area (Å²) in [6, 6.07) is 7.13. The number of likely N-dealkylation sites (N-methyl/N-ethyl adjacent to an activating group) is 1. The van der Waals surface area contributed by atoms with Crippen LogP contribution in [0.1, 0.15) is 36.5 Å². The van der Waals surface area contributed by atoms with E-state index in [1.807, 2.05) is 0 Å². The van der Waals surface area contributed by atoms with Crippen molar-refractivity contribution in [2.24, 2.45) is 0 Å². The molecular formula is C23H24N6O6. The highest BCUT2D eigenvalue weighted by atomic mass is 16.6. The molecule has 4 atom stereocenters. The number of carboxylic acid groups (broad SMARTS) is 1. The van der Waals surface area contributed by atoms with Gasteiger partial charge in [-0.1, -0.05) is 18.1 Å². The Morgan fingerprint density at radius 3 is 2.60 bits per heavy atom. The zero-order valence-corrected chi connectivity index (χ0v) is 18.8. The zero-order chi connectivity index (χ0) is 25.1. The van der Waals surface area contributed by atoms with Crippen molar-refractivity contribution in [1.29, 1.82) is 0 Å². The van der Waals surface area contributed by atoms with Crippen molar-refractivity contribution in [1.82, 2.24) is 24.8 Å². The van der Waals surface area contributed by atoms with Gasteiger partial charge in [0.1, 0.15) is 17.7 Å². The number of carbonyl (C=O) groups excluding carboxylic acids is 1. The quantitative estimate of drug-likeness (QED) is 0.290. The molecule has 1 aliphatic heterocycles. The number of aliphatic carboxylic acids is 1. The second-order valence-electron chi connectivity index (χ2n) is 7.92. The fraction of sp³-hybridized carbons (Fsp3) is 0.348. The van der Waals surface area contributed by atoms with Crippen LogP contribution >= 0.6 is 0 Å². The van der Waals surface area contributed by atoms with E-state index in [0.717, 1.165) is 5.56 Å². The fourth-order valence-electron chi connectivity index (χ4n) is 3.70. The molecule has 0 radical (unpaired) electrons. The van der Waals surface area contributed by atoms with Gasteiger partial charge in [0.2, 0.25) is 5.82 Å². The van der Waals surface area contributed by atoms with Gasteiger partial charge in [-0.15, -0.1) is 0 Å². The number of hydrogen-bond donors (Lipinski definition) is 5. The summed E-state index contributed by atoms with van der Waals surface area (Å²) in [7, 11) is 0. The van der Waals surface area contributed by atoms with Gasteiger partial charge >= 0.3 is 5.97 Å². The van der Waals surface area contributed by atoms with Crippen molar-refractivity contribution in [3.63, 3.8) is 0 Å². The van der Waals surface area contributed by atoms with Gasteiger partial charge in [-0.3, -0.25) is 14.2 Å². The minimum atomic E-state index is -1.44. The Kier molecular flexibility index (Phi) is 6.92. The summed E-state index contributed by atoms with van der Waals surface area (Å²) >= 11 is 0. The Hall–Kier alpha value is -4.05. The smallest absolute Gasteiger partial charge is 0.303 e. The molecule has 2 aromatic heterocycles. The van der Waals surface area contributed by atoms with Crippen LogP contribution in [0, 0.1) is 11.8 Å². The van der Waals surface area contributed by atoms with Crippen LogP contribution in [0.4, 0.5) is 5.82 Å². The van der Waals surface area contributed by atoms with E-state index in [0.29, 0.717) is 18.5 Å². The third-order valence-electron chi connectivity index (χ3n) is 5.47. The van der Waals surface area contributed by atoms with Gasteiger partial charge in [0.25, 0.3) is 5.91 Å². The third kappa shape index (κ3) is 5.07. The molecule has 12 nitrogen and oxygen atoms in total. The largest absolute Gasteiger partial charge is 0.481 e. The van der Waals surface area contributed by atoms with Crippen LogP contribution in [0.2, 0.25) is 0 Å². The van der Waals surface area contributed by atoms with E-state index in [9.17, 15) is 19.8 Å². The number of aliphatic hydroxyl groups is 2. The molecule has 4 rings (SSSR count). The predicted molar refractivity (Wildman–Crippen MR) is 123 cm³/mol. The average molecular weight is 480 g/mol. The SMILES string of the molecule is CCNC(=O)[C@H]1O[C@@H](n2cnc3c(N)nc(C#Cc4ccc(CCC(=O)O)cc4)nc32)[C@@H](O)[C@@H]1O. The number of amides is 1. The van der Waals surface area contributed by atoms with Crippen LogP contribution in [-0.4, -0.2) is 71.6 Å². The zero-order valence-electron chi connectivity index (χ0n) is 18.8. The van der Waals surface area contributed by atoms with Gasteiger partial charge < -0.3 is 31.1 Å². The topological polar surface area (TPSA) is 186 Å². The minimum absolute atomic E-state index is 0.0479. The molecule has 0 spiro atoms. The van der Waals surface area contributed by atoms with E-state index < -0.39 is 36.4 Å². The summed E-state index contributed by atoms with van der Waals surface area (Å²) in [5, 5.41) is 32.2. The molecule has 1 fully saturated rings. The van der Waals surface area contributed by atoms with E-state index in [2.05, 4.69) is 32.1 Å². The molecule has 1 saturated heterocycles. The van der Waals surface area contributed by atoms with Crippen LogP contribution in [-0.2, 0) is 20.7 Å². The second kappa shape index (κ2) is 10.1. The number of imidazole rings is 1. The van der Waals surface area contributed by atoms with E-state index >= 15 is 0 Å². The normalized spacial score (nSPS) is 21.5. The first kappa shape index (κ1) is 24.1. The highest BCUT2D eigenvalue weighted by Crippen LogP contribution is 2.32. The van der Waals surface area contributed by atoms with E-state index in [1.54, 1.807) is 31.2 Å². The lowest BCUT2D eigenvalue weighted by Gasteiger charge is -2.16. The lowest BCUT2D eigenvalue weighted by atomic mass is 10.1. The molecule has 0 aliphatic carbocycles. The van der Waals surface area contributed by atoms with Crippen LogP contribution in [0.15, 0.2) is 30.6 Å². The summed E-state index contributed by atoms with van der Waals surface area (Å²) in [5.41, 5.74) is 8.06. The number of nitrogens with one attached hydrogen (secondary N) is 1. The van der Waals surface area contributed by atoms with Gasteiger partial charge in [0, 0.05) is 18.5 Å². The number of nitrogen functional groups attached to an aromatic ring is 1. The first-order chi connectivity index (χ1) is 16.8. The number of nitrogens with two attached hydrogens (primary N) is 1. The van der Waals surface area contributed by atoms with E-state index in [1.165, 1.54) is 10.9 Å². The number of aromatic nitrogens is 4. The van der Waals surface area contributed by atoms with Gasteiger partial charge in [-0.2, -0.15) is 0 Å². The lowest BCUT2D eigenvalue weighted by molar-refractivity contribution is -0.138. The molecule has 3 heterocycles. The number of nitrogens with zero attached hydrogens (tertiary/aromatic N) is 4. The van der Waals surface area contributed by atoms with E-state index in [-0.39, 0.29) is 29.2 Å². The third-order valence-corrected chi connectivity index (χ3v) is 5.47. The summed E-state index contributed by atoms with van der Waals surface area (Å²) in [5.74, 6) is 4.52. The standard InChI is InChI=1S/C23H24N6O6/c1-2-25-22(34)19-17(32)18(33)23(35-19)29-11-26-16-20(24)27-14(28-21(16)29)9-7-12-3-5-13(6-4-12)8-10-15(30)31/h3-6,11,17-19,23,32-33H,2,8,10H2,1H3,(H,25,34)(H,30,31)(H2,24,27,28)/t17-,18-,19-,23+/m0/s1. The lowest BCUT2D eigenvalue weighted by Crippen LogP contribution is -2.42. The Morgan fingerprint density at radius 1 is 1.17 bits per heavy atom. The number of hydrogen-bond acceptors (Lipinski definition) is 9. The summed E-state index contributed by atoms with van der Waals surface area (Å²) < 4.78 is 7.02. The predicted octanol–water partition coefficient (Wildman–Crippen LogP) is -0.419. The maximum atomic E-state index is 12.2. The van der Waals surface area contributed by atoms with Crippen molar-refractivity contribution in [2.45, 2.75) is 44.3 Å². The summed E-state index contributed by atoms with van der Waals surface area (Å²) in [6.45, 7) is 2.07. The molecule has 0 unspecified atom stereocenters. The molecule has 1 aliphatic rings. The van der Waals surface area contributed by atoms with Crippen LogP contribution in [0.25, 0.3) is 11.2 Å². The van der Waals surface area contributed by atoms with Crippen molar-refractivity contribution >= 4 is 28.9 Å². The van der Waals surface area contributed by atoms with Gasteiger partial charge in [-0.25, -0.2) is 15.0 Å². The number of aliphatic hydroxyl groups excluding tert-OH is 2. The van der Waals surface area contributed by atoms with Crippen LogP contribution in [0.5, 0.6) is 0 Å². The van der Waals surface area contributed by atoms with Crippen molar-refractivity contribution in [2.75, 3.05) is 12.3 Å². The molecule has 0 bridgehead atoms. The van der Waals surface area contributed by atoms with Gasteiger partial charge in [-0.05, 0) is 37.0 Å². The molecule has 6 N–H and O–H groups in total. The Morgan fingerprint density at radius 2 is 1.91 bits per heavy atom. The number of carbonyl (C=O) groups is 2. The summed E-state index contributed by atoms with van der Waals surface area (Å²) in [6.07, 6.45) is -3.43. The average Bonchev–Trinajstić information content (AvgIpc) is 3.38. The summed E-state index contributed by atoms with van der Waals surface area (Å²) in [4.78, 5) is 35.6. The number of rotatable bonds is 6. The van der Waals surface area contributed by atoms with Crippen molar-refractivity contribution in [3.05, 3.63) is 47.5 Å².